The van der Waals surface area contributed by atoms with E-state index in [9.17, 15) is 13.7 Å². The summed E-state index contributed by atoms with van der Waals surface area (Å²) in [5.41, 5.74) is 0.841. The van der Waals surface area contributed by atoms with Gasteiger partial charge in [0, 0.05) is 5.92 Å². The highest BCUT2D eigenvalue weighted by Gasteiger charge is 2.50. The maximum Gasteiger partial charge on any atom is 0.179 e. The fraction of sp³-hybridized carbons (Fsp3) is 0.462. The molecule has 2 unspecified atom stereocenters. The van der Waals surface area contributed by atoms with E-state index in [2.05, 4.69) is 6.07 Å². The number of sulfone groups is 1. The standard InChI is InChI=1S/C13H13NO2S2/c14-9-13(6-3-7-17-13)11-8-18(15,16)12-5-2-1-4-10(11)12/h1-2,4-5,11H,3,6-8H2. The minimum Gasteiger partial charge on any atom is -0.224 e. The molecule has 2 heterocycles. The molecule has 5 heteroatoms. The first kappa shape index (κ1) is 12.1. The van der Waals surface area contributed by atoms with Crippen molar-refractivity contribution in [3.8, 4) is 6.07 Å². The summed E-state index contributed by atoms with van der Waals surface area (Å²) >= 11 is 1.63. The van der Waals surface area contributed by atoms with Crippen LogP contribution in [0.4, 0.5) is 0 Å². The molecule has 1 aromatic rings. The van der Waals surface area contributed by atoms with E-state index in [4.69, 9.17) is 0 Å². The zero-order valence-corrected chi connectivity index (χ0v) is 11.4. The topological polar surface area (TPSA) is 57.9 Å². The number of nitriles is 1. The van der Waals surface area contributed by atoms with Gasteiger partial charge >= 0.3 is 0 Å². The van der Waals surface area contributed by atoms with Crippen molar-refractivity contribution in [3.05, 3.63) is 29.8 Å². The average molecular weight is 279 g/mol. The fourth-order valence-electron chi connectivity index (χ4n) is 2.94. The van der Waals surface area contributed by atoms with Gasteiger partial charge in [0.25, 0.3) is 0 Å². The first-order chi connectivity index (χ1) is 8.59. The number of hydrogen-bond donors (Lipinski definition) is 0. The molecule has 1 aromatic carbocycles. The van der Waals surface area contributed by atoms with Crippen LogP contribution in [0.1, 0.15) is 24.3 Å². The quantitative estimate of drug-likeness (QED) is 0.791. The molecule has 0 amide bonds. The van der Waals surface area contributed by atoms with E-state index in [1.54, 1.807) is 23.9 Å². The number of benzene rings is 1. The molecule has 0 saturated carbocycles. The Kier molecular flexibility index (Phi) is 2.68. The van der Waals surface area contributed by atoms with Crippen LogP contribution in [0.25, 0.3) is 0 Å². The van der Waals surface area contributed by atoms with Crippen LogP contribution in [0.3, 0.4) is 0 Å². The molecule has 1 fully saturated rings. The minimum absolute atomic E-state index is 0.0902. The molecule has 1 saturated heterocycles. The lowest BCUT2D eigenvalue weighted by Gasteiger charge is -2.26. The van der Waals surface area contributed by atoms with Crippen molar-refractivity contribution in [1.82, 2.24) is 0 Å². The number of hydrogen-bond acceptors (Lipinski definition) is 4. The highest BCUT2D eigenvalue weighted by molar-refractivity contribution is 8.01. The third-order valence-electron chi connectivity index (χ3n) is 3.82. The molecule has 18 heavy (non-hydrogen) atoms. The first-order valence-corrected chi connectivity index (χ1v) is 8.60. The molecule has 0 aliphatic carbocycles. The van der Waals surface area contributed by atoms with Crippen LogP contribution in [0.15, 0.2) is 29.2 Å². The summed E-state index contributed by atoms with van der Waals surface area (Å²) in [6.45, 7) is 0. The van der Waals surface area contributed by atoms with Crippen LogP contribution in [0, 0.1) is 11.3 Å². The summed E-state index contributed by atoms with van der Waals surface area (Å²) in [4.78, 5) is 0.428. The second-order valence-corrected chi connectivity index (χ2v) is 8.25. The molecule has 2 aliphatic rings. The molecule has 2 aliphatic heterocycles. The smallest absolute Gasteiger partial charge is 0.179 e. The molecule has 0 spiro atoms. The van der Waals surface area contributed by atoms with Gasteiger partial charge in [-0.2, -0.15) is 5.26 Å². The van der Waals surface area contributed by atoms with Crippen LogP contribution < -0.4 is 0 Å². The van der Waals surface area contributed by atoms with E-state index in [-0.39, 0.29) is 11.7 Å². The normalized spacial score (nSPS) is 32.9. The van der Waals surface area contributed by atoms with Crippen molar-refractivity contribution in [2.75, 3.05) is 11.5 Å². The monoisotopic (exact) mass is 279 g/mol. The number of fused-ring (bicyclic) bond motifs is 1. The number of nitrogens with zero attached hydrogens (tertiary/aromatic N) is 1. The summed E-state index contributed by atoms with van der Waals surface area (Å²) < 4.78 is 23.8. The van der Waals surface area contributed by atoms with Gasteiger partial charge in [0.15, 0.2) is 9.84 Å². The van der Waals surface area contributed by atoms with E-state index in [1.807, 2.05) is 12.1 Å². The van der Waals surface area contributed by atoms with Crippen LogP contribution in [-0.4, -0.2) is 24.7 Å². The Bertz CT molecular complexity index is 625. The molecule has 0 radical (unpaired) electrons. The van der Waals surface area contributed by atoms with Crippen molar-refractivity contribution in [2.24, 2.45) is 0 Å². The van der Waals surface area contributed by atoms with Crippen LogP contribution in [0.5, 0.6) is 0 Å². The SMILES string of the molecule is N#CC1(C2CS(=O)(=O)c3ccccc32)CCCS1. The van der Waals surface area contributed by atoms with Gasteiger partial charge < -0.3 is 0 Å². The predicted molar refractivity (Wildman–Crippen MR) is 71.3 cm³/mol. The Balaban J connectivity index is 2.15. The van der Waals surface area contributed by atoms with Crippen molar-refractivity contribution >= 4 is 21.6 Å². The highest BCUT2D eigenvalue weighted by atomic mass is 32.2. The maximum atomic E-state index is 12.2. The van der Waals surface area contributed by atoms with Crippen LogP contribution in [0.2, 0.25) is 0 Å². The summed E-state index contributed by atoms with van der Waals surface area (Å²) in [6.07, 6.45) is 1.79. The van der Waals surface area contributed by atoms with Crippen molar-refractivity contribution in [1.29, 1.82) is 5.26 Å². The van der Waals surface area contributed by atoms with Crippen molar-refractivity contribution < 1.29 is 8.42 Å². The highest BCUT2D eigenvalue weighted by Crippen LogP contribution is 2.52. The number of rotatable bonds is 1. The van der Waals surface area contributed by atoms with Gasteiger partial charge in [0.05, 0.1) is 16.7 Å². The Morgan fingerprint density at radius 3 is 2.83 bits per heavy atom. The zero-order valence-electron chi connectivity index (χ0n) is 9.80. The Morgan fingerprint density at radius 1 is 1.39 bits per heavy atom. The first-order valence-electron chi connectivity index (χ1n) is 5.96. The average Bonchev–Trinajstić information content (AvgIpc) is 2.94. The lowest BCUT2D eigenvalue weighted by Crippen LogP contribution is -2.29. The summed E-state index contributed by atoms with van der Waals surface area (Å²) in [5, 5.41) is 9.51. The van der Waals surface area contributed by atoms with Crippen molar-refractivity contribution in [3.63, 3.8) is 0 Å². The molecule has 0 aromatic heterocycles. The molecule has 3 nitrogen and oxygen atoms in total. The fourth-order valence-corrected chi connectivity index (χ4v) is 6.40. The molecule has 94 valence electrons. The number of thioether (sulfide) groups is 1. The molecular weight excluding hydrogens is 266 g/mol. The zero-order chi connectivity index (χ0) is 12.8. The van der Waals surface area contributed by atoms with Crippen LogP contribution in [-0.2, 0) is 9.84 Å². The van der Waals surface area contributed by atoms with Gasteiger partial charge in [-0.25, -0.2) is 8.42 Å². The van der Waals surface area contributed by atoms with Gasteiger partial charge in [0.2, 0.25) is 0 Å². The van der Waals surface area contributed by atoms with Crippen LogP contribution >= 0.6 is 11.8 Å². The van der Waals surface area contributed by atoms with Gasteiger partial charge in [0.1, 0.15) is 4.75 Å². The van der Waals surface area contributed by atoms with E-state index in [1.165, 1.54) is 0 Å². The predicted octanol–water partition coefficient (Wildman–Crippen LogP) is 2.35. The van der Waals surface area contributed by atoms with E-state index >= 15 is 0 Å². The van der Waals surface area contributed by atoms with E-state index in [0.717, 1.165) is 24.2 Å². The summed E-state index contributed by atoms with van der Waals surface area (Å²) in [5.74, 6) is 0.871. The summed E-state index contributed by atoms with van der Waals surface area (Å²) in [7, 11) is -3.20. The van der Waals surface area contributed by atoms with Crippen molar-refractivity contribution in [2.45, 2.75) is 28.4 Å². The molecule has 3 rings (SSSR count). The maximum absolute atomic E-state index is 12.2. The molecule has 0 bridgehead atoms. The molecule has 0 N–H and O–H groups in total. The van der Waals surface area contributed by atoms with Gasteiger partial charge in [-0.1, -0.05) is 18.2 Å². The lowest BCUT2D eigenvalue weighted by molar-refractivity contribution is 0.568. The third kappa shape index (κ3) is 1.59. The Morgan fingerprint density at radius 2 is 2.17 bits per heavy atom. The minimum atomic E-state index is -3.20. The lowest BCUT2D eigenvalue weighted by atomic mass is 9.85. The Labute approximate surface area is 111 Å². The summed E-state index contributed by atoms with van der Waals surface area (Å²) in [6, 6.07) is 9.53. The Hall–Kier alpha value is -0.990. The van der Waals surface area contributed by atoms with Gasteiger partial charge in [-0.3, -0.25) is 0 Å². The van der Waals surface area contributed by atoms with Gasteiger partial charge in [-0.05, 0) is 30.2 Å². The molecule has 2 atom stereocenters. The van der Waals surface area contributed by atoms with E-state index in [0.29, 0.717) is 4.90 Å². The van der Waals surface area contributed by atoms with E-state index < -0.39 is 14.6 Å². The molecular formula is C13H13NO2S2. The second kappa shape index (κ2) is 4.01. The second-order valence-electron chi connectivity index (χ2n) is 4.83. The van der Waals surface area contributed by atoms with Gasteiger partial charge in [-0.15, -0.1) is 11.8 Å². The third-order valence-corrected chi connectivity index (χ3v) is 7.22. The largest absolute Gasteiger partial charge is 0.224 e.